The van der Waals surface area contributed by atoms with E-state index in [4.69, 9.17) is 4.74 Å². The highest BCUT2D eigenvalue weighted by molar-refractivity contribution is 5.23. The van der Waals surface area contributed by atoms with Crippen LogP contribution in [0.2, 0.25) is 0 Å². The number of ether oxygens (including phenoxy) is 1. The molecule has 0 spiro atoms. The van der Waals surface area contributed by atoms with Crippen LogP contribution in [-0.2, 0) is 10.3 Å². The molecule has 1 aromatic carbocycles. The molecule has 1 saturated carbocycles. The van der Waals surface area contributed by atoms with E-state index in [0.717, 1.165) is 24.3 Å². The summed E-state index contributed by atoms with van der Waals surface area (Å²) in [7, 11) is 1.66. The summed E-state index contributed by atoms with van der Waals surface area (Å²) in [5, 5.41) is 10.9. The van der Waals surface area contributed by atoms with Crippen LogP contribution in [0.3, 0.4) is 0 Å². The summed E-state index contributed by atoms with van der Waals surface area (Å²) >= 11 is 0. The lowest BCUT2D eigenvalue weighted by atomic mass is 9.81. The second-order valence-corrected chi connectivity index (χ2v) is 7.78. The van der Waals surface area contributed by atoms with Crippen molar-refractivity contribution in [3.8, 4) is 0 Å². The van der Waals surface area contributed by atoms with Crippen LogP contribution in [0.25, 0.3) is 0 Å². The number of methoxy groups -OCH3 is 1. The van der Waals surface area contributed by atoms with Crippen LogP contribution >= 0.6 is 0 Å². The molecule has 3 heteroatoms. The zero-order chi connectivity index (χ0) is 18.8. The van der Waals surface area contributed by atoms with E-state index >= 15 is 0 Å². The van der Waals surface area contributed by atoms with Crippen molar-refractivity contribution in [2.24, 2.45) is 11.8 Å². The molecule has 26 heavy (non-hydrogen) atoms. The molecule has 1 aliphatic carbocycles. The summed E-state index contributed by atoms with van der Waals surface area (Å²) < 4.78 is 5.22. The van der Waals surface area contributed by atoms with Crippen LogP contribution in [0.1, 0.15) is 64.4 Å². The van der Waals surface area contributed by atoms with Crippen molar-refractivity contribution in [3.05, 3.63) is 35.9 Å². The van der Waals surface area contributed by atoms with Gasteiger partial charge < -0.3 is 14.7 Å². The predicted octanol–water partition coefficient (Wildman–Crippen LogP) is 4.84. The van der Waals surface area contributed by atoms with Crippen molar-refractivity contribution in [2.45, 2.75) is 64.4 Å². The normalized spacial score (nSPS) is 26.9. The molecular formula is C23H39NO2. The van der Waals surface area contributed by atoms with E-state index in [1.54, 1.807) is 7.11 Å². The summed E-state index contributed by atoms with van der Waals surface area (Å²) in [6, 6.07) is 9.93. The zero-order valence-corrected chi connectivity index (χ0v) is 17.1. The van der Waals surface area contributed by atoms with Crippen LogP contribution in [0.4, 0.5) is 0 Å². The Labute approximate surface area is 160 Å². The van der Waals surface area contributed by atoms with Gasteiger partial charge in [-0.15, -0.1) is 0 Å². The van der Waals surface area contributed by atoms with Gasteiger partial charge in [-0.05, 0) is 69.1 Å². The maximum absolute atomic E-state index is 10.9. The van der Waals surface area contributed by atoms with Gasteiger partial charge in [0.25, 0.3) is 0 Å². The first-order valence-corrected chi connectivity index (χ1v) is 10.7. The molecule has 2 bridgehead atoms. The van der Waals surface area contributed by atoms with Crippen LogP contribution in [0, 0.1) is 11.8 Å². The molecule has 5 rings (SSSR count). The second-order valence-electron chi connectivity index (χ2n) is 7.78. The molecule has 4 fully saturated rings. The number of aliphatic hydroxyl groups is 1. The van der Waals surface area contributed by atoms with E-state index in [2.05, 4.69) is 4.90 Å². The summed E-state index contributed by atoms with van der Waals surface area (Å²) in [4.78, 5) is 2.58. The first kappa shape index (κ1) is 21.4. The number of benzene rings is 1. The average Bonchev–Trinajstić information content (AvgIpc) is 3.28. The van der Waals surface area contributed by atoms with Crippen LogP contribution in [0.15, 0.2) is 30.3 Å². The lowest BCUT2D eigenvalue weighted by Gasteiger charge is -2.38. The molecule has 0 radical (unpaired) electrons. The smallest absolute Gasteiger partial charge is 0.116 e. The third-order valence-corrected chi connectivity index (χ3v) is 6.23. The van der Waals surface area contributed by atoms with Gasteiger partial charge in [-0.3, -0.25) is 0 Å². The fourth-order valence-electron chi connectivity index (χ4n) is 4.65. The second kappa shape index (κ2) is 11.1. The van der Waals surface area contributed by atoms with E-state index in [1.165, 1.54) is 51.7 Å². The molecule has 4 aliphatic rings. The fourth-order valence-corrected chi connectivity index (χ4v) is 4.65. The maximum atomic E-state index is 10.9. The number of piperidine rings is 3. The molecule has 148 valence electrons. The summed E-state index contributed by atoms with van der Waals surface area (Å²) in [5.74, 6) is 1.45. The van der Waals surface area contributed by atoms with Crippen LogP contribution in [0.5, 0.6) is 0 Å². The van der Waals surface area contributed by atoms with Crippen molar-refractivity contribution < 1.29 is 9.84 Å². The highest BCUT2D eigenvalue weighted by Gasteiger charge is 2.39. The molecule has 3 aliphatic heterocycles. The van der Waals surface area contributed by atoms with E-state index in [0.29, 0.717) is 12.5 Å². The minimum Gasteiger partial charge on any atom is -0.382 e. The summed E-state index contributed by atoms with van der Waals surface area (Å²) in [5.41, 5.74) is 0.190. The van der Waals surface area contributed by atoms with Crippen molar-refractivity contribution in [1.82, 2.24) is 4.90 Å². The van der Waals surface area contributed by atoms with Gasteiger partial charge >= 0.3 is 0 Å². The minimum atomic E-state index is -0.799. The summed E-state index contributed by atoms with van der Waals surface area (Å²) in [6.07, 6.45) is 9.12. The lowest BCUT2D eigenvalue weighted by molar-refractivity contribution is -0.0784. The minimum absolute atomic E-state index is 0.342. The van der Waals surface area contributed by atoms with Gasteiger partial charge in [-0.1, -0.05) is 57.0 Å². The average molecular weight is 362 g/mol. The Morgan fingerprint density at radius 3 is 1.88 bits per heavy atom. The fraction of sp³-hybridized carbons (Fsp3) is 0.739. The highest BCUT2D eigenvalue weighted by Crippen LogP contribution is 2.40. The molecule has 3 heterocycles. The Bertz CT molecular complexity index is 455. The molecule has 1 atom stereocenters. The van der Waals surface area contributed by atoms with Gasteiger partial charge in [0.1, 0.15) is 5.60 Å². The first-order valence-electron chi connectivity index (χ1n) is 10.7. The number of hydrogen-bond acceptors (Lipinski definition) is 3. The van der Waals surface area contributed by atoms with Crippen LogP contribution < -0.4 is 0 Å². The Hall–Kier alpha value is -0.900. The maximum Gasteiger partial charge on any atom is 0.116 e. The number of nitrogens with zero attached hydrogens (tertiary/aromatic N) is 1. The Kier molecular flexibility index (Phi) is 9.10. The van der Waals surface area contributed by atoms with E-state index < -0.39 is 5.60 Å². The van der Waals surface area contributed by atoms with Crippen molar-refractivity contribution >= 4 is 0 Å². The first-order chi connectivity index (χ1) is 12.7. The zero-order valence-electron chi connectivity index (χ0n) is 17.1. The van der Waals surface area contributed by atoms with Crippen molar-refractivity contribution in [2.75, 3.05) is 33.4 Å². The van der Waals surface area contributed by atoms with Gasteiger partial charge in [-0.2, -0.15) is 0 Å². The topological polar surface area (TPSA) is 32.7 Å². The van der Waals surface area contributed by atoms with Crippen molar-refractivity contribution in [3.63, 3.8) is 0 Å². The van der Waals surface area contributed by atoms with Crippen molar-refractivity contribution in [1.29, 1.82) is 0 Å². The van der Waals surface area contributed by atoms with Gasteiger partial charge in [-0.25, -0.2) is 0 Å². The molecule has 0 aromatic heterocycles. The quantitative estimate of drug-likeness (QED) is 0.833. The molecule has 1 N–H and O–H groups in total. The standard InChI is InChI=1S/C14H20O2.C7H13N.C2H6/c1-16-11-14(15,13-9-5-6-10-13)12-7-3-2-4-8-12;1-4-8-5-2-7(1)3-6-8;1-2/h2-4,7-8,13,15H,5-6,9-11H2,1H3;7H,1-6H2;1-2H3. The SMILES string of the molecule is C1CN2CCC1CC2.CC.COCC(O)(c1ccccc1)C1CCCC1. The Morgan fingerprint density at radius 2 is 1.50 bits per heavy atom. The van der Waals surface area contributed by atoms with Gasteiger partial charge in [0.2, 0.25) is 0 Å². The van der Waals surface area contributed by atoms with E-state index in [-0.39, 0.29) is 0 Å². The number of hydrogen-bond donors (Lipinski definition) is 1. The molecule has 0 amide bonds. The number of rotatable bonds is 4. The molecular weight excluding hydrogens is 322 g/mol. The number of fused-ring (bicyclic) bond motifs is 3. The Balaban J connectivity index is 0.000000202. The lowest BCUT2D eigenvalue weighted by Crippen LogP contribution is -2.41. The van der Waals surface area contributed by atoms with Gasteiger partial charge in [0, 0.05) is 7.11 Å². The highest BCUT2D eigenvalue weighted by atomic mass is 16.5. The van der Waals surface area contributed by atoms with Crippen LogP contribution in [-0.4, -0.2) is 43.4 Å². The predicted molar refractivity (Wildman–Crippen MR) is 109 cm³/mol. The van der Waals surface area contributed by atoms with Gasteiger partial charge in [0.15, 0.2) is 0 Å². The monoisotopic (exact) mass is 361 g/mol. The Morgan fingerprint density at radius 1 is 0.962 bits per heavy atom. The molecule has 1 aromatic rings. The third kappa shape index (κ3) is 5.55. The molecule has 1 unspecified atom stereocenters. The molecule has 3 nitrogen and oxygen atoms in total. The van der Waals surface area contributed by atoms with E-state index in [9.17, 15) is 5.11 Å². The third-order valence-electron chi connectivity index (χ3n) is 6.23. The van der Waals surface area contributed by atoms with E-state index in [1.807, 2.05) is 44.2 Å². The summed E-state index contributed by atoms with van der Waals surface area (Å²) in [6.45, 7) is 8.57. The largest absolute Gasteiger partial charge is 0.382 e. The molecule has 3 saturated heterocycles. The van der Waals surface area contributed by atoms with Gasteiger partial charge in [0.05, 0.1) is 6.61 Å².